The second kappa shape index (κ2) is 9.51. The Labute approximate surface area is 191 Å². The second-order valence-corrected chi connectivity index (χ2v) is 8.89. The molecule has 32 heavy (non-hydrogen) atoms. The quantitative estimate of drug-likeness (QED) is 0.363. The van der Waals surface area contributed by atoms with Crippen LogP contribution in [0.3, 0.4) is 0 Å². The number of carbonyl (C=O) groups is 1. The molecule has 3 aromatic rings. The average Bonchev–Trinajstić information content (AvgIpc) is 2.71. The van der Waals surface area contributed by atoms with E-state index in [4.69, 9.17) is 21.1 Å². The molecule has 1 atom stereocenters. The van der Waals surface area contributed by atoms with E-state index < -0.39 is 24.1 Å². The van der Waals surface area contributed by atoms with Gasteiger partial charge in [-0.25, -0.2) is 18.6 Å². The number of aromatic nitrogens is 1. The van der Waals surface area contributed by atoms with Crippen LogP contribution in [0.25, 0.3) is 22.0 Å². The minimum absolute atomic E-state index is 0.199. The number of aryl methyl sites for hydroxylation is 1. The maximum Gasteiger partial charge on any atom is 0.339 e. The topological polar surface area (TPSA) is 48.4 Å². The van der Waals surface area contributed by atoms with Gasteiger partial charge in [0.1, 0.15) is 5.69 Å². The van der Waals surface area contributed by atoms with E-state index in [2.05, 4.69) is 4.98 Å². The van der Waals surface area contributed by atoms with Crippen LogP contribution in [0, 0.1) is 6.92 Å². The lowest BCUT2D eigenvalue weighted by atomic mass is 9.88. The van der Waals surface area contributed by atoms with Gasteiger partial charge in [-0.1, -0.05) is 29.8 Å². The van der Waals surface area contributed by atoms with Gasteiger partial charge < -0.3 is 9.47 Å². The highest BCUT2D eigenvalue weighted by Gasteiger charge is 2.33. The highest BCUT2D eigenvalue weighted by atomic mass is 35.5. The molecule has 0 saturated heterocycles. The Morgan fingerprint density at radius 3 is 2.34 bits per heavy atom. The van der Waals surface area contributed by atoms with Crippen molar-refractivity contribution in [3.8, 4) is 11.1 Å². The van der Waals surface area contributed by atoms with Gasteiger partial charge in [0, 0.05) is 16.0 Å². The zero-order valence-electron chi connectivity index (χ0n) is 18.7. The first-order chi connectivity index (χ1) is 15.0. The molecule has 170 valence electrons. The van der Waals surface area contributed by atoms with Crippen molar-refractivity contribution in [3.63, 3.8) is 0 Å². The van der Waals surface area contributed by atoms with Crippen LogP contribution < -0.4 is 0 Å². The minimum atomic E-state index is -2.69. The molecule has 0 bridgehead atoms. The Bertz CT molecular complexity index is 1120. The van der Waals surface area contributed by atoms with Crippen molar-refractivity contribution in [2.75, 3.05) is 6.61 Å². The molecular weight excluding hydrogens is 436 g/mol. The van der Waals surface area contributed by atoms with Crippen LogP contribution in [0.15, 0.2) is 42.5 Å². The number of alkyl halides is 2. The van der Waals surface area contributed by atoms with Crippen molar-refractivity contribution < 1.29 is 23.0 Å². The van der Waals surface area contributed by atoms with E-state index in [1.54, 1.807) is 31.2 Å². The maximum absolute atomic E-state index is 13.3. The lowest BCUT2D eigenvalue weighted by Gasteiger charge is -2.29. The molecule has 0 unspecified atom stereocenters. The number of rotatable bonds is 6. The van der Waals surface area contributed by atoms with Crippen LogP contribution in [-0.2, 0) is 14.3 Å². The van der Waals surface area contributed by atoms with E-state index in [-0.39, 0.29) is 12.3 Å². The number of hydrogen-bond donors (Lipinski definition) is 0. The molecule has 4 nitrogen and oxygen atoms in total. The first-order valence-electron chi connectivity index (χ1n) is 10.3. The molecule has 1 heterocycles. The zero-order chi connectivity index (χ0) is 23.6. The summed E-state index contributed by atoms with van der Waals surface area (Å²) in [5.41, 5.74) is 2.19. The van der Waals surface area contributed by atoms with Crippen molar-refractivity contribution in [1.29, 1.82) is 0 Å². The van der Waals surface area contributed by atoms with Crippen molar-refractivity contribution in [1.82, 2.24) is 4.98 Å². The number of benzene rings is 2. The van der Waals surface area contributed by atoms with Crippen molar-refractivity contribution in [3.05, 3.63) is 64.3 Å². The predicted molar refractivity (Wildman–Crippen MR) is 122 cm³/mol. The smallest absolute Gasteiger partial charge is 0.339 e. The summed E-state index contributed by atoms with van der Waals surface area (Å²) in [6.45, 7) is 9.31. The van der Waals surface area contributed by atoms with Gasteiger partial charge in [-0.2, -0.15) is 0 Å². The van der Waals surface area contributed by atoms with Crippen LogP contribution in [0.1, 0.15) is 57.0 Å². The third kappa shape index (κ3) is 5.25. The number of esters is 1. The van der Waals surface area contributed by atoms with Crippen LogP contribution in [0.4, 0.5) is 8.78 Å². The highest BCUT2D eigenvalue weighted by molar-refractivity contribution is 6.30. The Morgan fingerprint density at radius 1 is 1.12 bits per heavy atom. The summed E-state index contributed by atoms with van der Waals surface area (Å²) in [6.07, 6.45) is -3.70. The highest BCUT2D eigenvalue weighted by Crippen LogP contribution is 2.41. The Hall–Kier alpha value is -2.57. The van der Waals surface area contributed by atoms with Gasteiger partial charge in [0.05, 0.1) is 17.7 Å². The third-order valence-electron chi connectivity index (χ3n) is 4.85. The fourth-order valence-electron chi connectivity index (χ4n) is 3.62. The SMILES string of the molecule is CCOC(=O)[C@@H](OC(C)(C)C)c1c(C)cc2nc(C(F)F)ccc2c1-c1ccc(Cl)cc1. The standard InChI is InChI=1S/C25H26ClF2NO3/c1-6-31-24(30)22(32-25(3,4)5)20-14(2)13-19-17(11-12-18(29-19)23(27)28)21(20)15-7-9-16(26)10-8-15/h7-13,22-23H,6H2,1-5H3/t22-/m0/s1. The summed E-state index contributed by atoms with van der Waals surface area (Å²) < 4.78 is 38.1. The Balaban J connectivity index is 2.38. The number of carbonyl (C=O) groups excluding carboxylic acids is 1. The molecule has 0 saturated carbocycles. The largest absolute Gasteiger partial charge is 0.464 e. The molecule has 0 radical (unpaired) electrons. The van der Waals surface area contributed by atoms with Gasteiger partial charge >= 0.3 is 5.97 Å². The number of halogens is 3. The van der Waals surface area contributed by atoms with Crippen LogP contribution >= 0.6 is 11.6 Å². The summed E-state index contributed by atoms with van der Waals surface area (Å²) in [6, 6.07) is 11.7. The molecular formula is C25H26ClF2NO3. The van der Waals surface area contributed by atoms with Crippen LogP contribution in [0.5, 0.6) is 0 Å². The third-order valence-corrected chi connectivity index (χ3v) is 5.11. The average molecular weight is 462 g/mol. The molecule has 0 aliphatic heterocycles. The monoisotopic (exact) mass is 461 g/mol. The molecule has 0 fully saturated rings. The number of fused-ring (bicyclic) bond motifs is 1. The van der Waals surface area contributed by atoms with Crippen molar-refractivity contribution >= 4 is 28.5 Å². The first kappa shape index (κ1) is 24.1. The lowest BCUT2D eigenvalue weighted by Crippen LogP contribution is -2.29. The van der Waals surface area contributed by atoms with Crippen molar-refractivity contribution in [2.24, 2.45) is 0 Å². The van der Waals surface area contributed by atoms with E-state index in [1.807, 2.05) is 39.8 Å². The Morgan fingerprint density at radius 2 is 1.78 bits per heavy atom. The molecule has 1 aromatic heterocycles. The maximum atomic E-state index is 13.3. The van der Waals surface area contributed by atoms with E-state index in [0.29, 0.717) is 32.6 Å². The summed E-state index contributed by atoms with van der Waals surface area (Å²) in [5, 5.41) is 1.18. The number of hydrogen-bond acceptors (Lipinski definition) is 4. The van der Waals surface area contributed by atoms with Gasteiger partial charge in [0.2, 0.25) is 0 Å². The van der Waals surface area contributed by atoms with Gasteiger partial charge in [-0.05, 0) is 75.6 Å². The molecule has 0 aliphatic rings. The van der Waals surface area contributed by atoms with E-state index >= 15 is 0 Å². The first-order valence-corrected chi connectivity index (χ1v) is 10.7. The van der Waals surface area contributed by atoms with Gasteiger partial charge in [-0.15, -0.1) is 0 Å². The molecule has 0 amide bonds. The van der Waals surface area contributed by atoms with E-state index in [1.165, 1.54) is 6.07 Å². The van der Waals surface area contributed by atoms with Crippen LogP contribution in [0.2, 0.25) is 5.02 Å². The fraction of sp³-hybridized carbons (Fsp3) is 0.360. The number of ether oxygens (including phenoxy) is 2. The predicted octanol–water partition coefficient (Wildman–Crippen LogP) is 7.22. The summed E-state index contributed by atoms with van der Waals surface area (Å²) >= 11 is 6.09. The minimum Gasteiger partial charge on any atom is -0.464 e. The molecule has 2 aromatic carbocycles. The van der Waals surface area contributed by atoms with Crippen LogP contribution in [-0.4, -0.2) is 23.2 Å². The number of pyridine rings is 1. The molecule has 0 aliphatic carbocycles. The summed E-state index contributed by atoms with van der Waals surface area (Å²) in [4.78, 5) is 17.2. The number of nitrogens with zero attached hydrogens (tertiary/aromatic N) is 1. The fourth-order valence-corrected chi connectivity index (χ4v) is 3.75. The van der Waals surface area contributed by atoms with E-state index in [9.17, 15) is 13.6 Å². The van der Waals surface area contributed by atoms with Crippen molar-refractivity contribution in [2.45, 2.75) is 52.7 Å². The molecule has 0 N–H and O–H groups in total. The Kier molecular flexibility index (Phi) is 7.16. The molecule has 0 spiro atoms. The zero-order valence-corrected chi connectivity index (χ0v) is 19.5. The van der Waals surface area contributed by atoms with E-state index in [0.717, 1.165) is 5.56 Å². The summed E-state index contributed by atoms with van der Waals surface area (Å²) in [5.74, 6) is -0.516. The molecule has 3 rings (SSSR count). The van der Waals surface area contributed by atoms with Gasteiger partial charge in [0.15, 0.2) is 6.10 Å². The second-order valence-electron chi connectivity index (χ2n) is 8.45. The lowest BCUT2D eigenvalue weighted by molar-refractivity contribution is -0.166. The van der Waals surface area contributed by atoms with Gasteiger partial charge in [0.25, 0.3) is 6.43 Å². The normalized spacial score (nSPS) is 12.9. The molecule has 7 heteroatoms. The van der Waals surface area contributed by atoms with Gasteiger partial charge in [-0.3, -0.25) is 0 Å². The summed E-state index contributed by atoms with van der Waals surface area (Å²) in [7, 11) is 0.